The number of hydrogen-bond donors (Lipinski definition) is 1. The molecule has 92 valence electrons. The van der Waals surface area contributed by atoms with Crippen molar-refractivity contribution in [1.82, 2.24) is 5.32 Å². The first-order valence-electron chi connectivity index (χ1n) is 5.76. The lowest BCUT2D eigenvalue weighted by Gasteiger charge is -2.09. The van der Waals surface area contributed by atoms with Gasteiger partial charge in [-0.3, -0.25) is 4.79 Å². The Bertz CT molecular complexity index is 418. The number of rotatable bonds is 5. The second-order valence-electron chi connectivity index (χ2n) is 4.39. The van der Waals surface area contributed by atoms with Gasteiger partial charge >= 0.3 is 0 Å². The van der Waals surface area contributed by atoms with Crippen molar-refractivity contribution >= 4 is 33.6 Å². The van der Waals surface area contributed by atoms with Crippen LogP contribution < -0.4 is 5.32 Å². The summed E-state index contributed by atoms with van der Waals surface area (Å²) in [6.45, 7) is 0.827. The molecule has 4 heteroatoms. The van der Waals surface area contributed by atoms with Gasteiger partial charge in [-0.2, -0.15) is 11.8 Å². The lowest BCUT2D eigenvalue weighted by Crippen LogP contribution is -2.26. The summed E-state index contributed by atoms with van der Waals surface area (Å²) in [5.74, 6) is 1.65. The normalized spacial score (nSPS) is 14.7. The average Bonchev–Trinajstić information content (AvgIpc) is 3.10. The first-order valence-corrected chi connectivity index (χ1v) is 7.95. The molecule has 0 spiro atoms. The quantitative estimate of drug-likeness (QED) is 0.902. The van der Waals surface area contributed by atoms with Gasteiger partial charge < -0.3 is 5.32 Å². The largest absolute Gasteiger partial charge is 0.352 e. The third-order valence-corrected chi connectivity index (χ3v) is 3.95. The van der Waals surface area contributed by atoms with Crippen LogP contribution in [0.5, 0.6) is 0 Å². The third kappa shape index (κ3) is 3.75. The van der Waals surface area contributed by atoms with Gasteiger partial charge in [-0.25, -0.2) is 0 Å². The topological polar surface area (TPSA) is 29.1 Å². The van der Waals surface area contributed by atoms with Crippen LogP contribution in [0, 0.1) is 5.92 Å². The zero-order chi connectivity index (χ0) is 12.3. The highest BCUT2D eigenvalue weighted by molar-refractivity contribution is 9.10. The van der Waals surface area contributed by atoms with Crippen molar-refractivity contribution in [1.29, 1.82) is 0 Å². The van der Waals surface area contributed by atoms with Gasteiger partial charge in [0.1, 0.15) is 0 Å². The van der Waals surface area contributed by atoms with Crippen LogP contribution in [0.2, 0.25) is 0 Å². The van der Waals surface area contributed by atoms with Gasteiger partial charge in [0.05, 0.1) is 0 Å². The van der Waals surface area contributed by atoms with Crippen LogP contribution in [0.4, 0.5) is 0 Å². The molecule has 0 aromatic heterocycles. The minimum absolute atomic E-state index is 0.0634. The van der Waals surface area contributed by atoms with Crippen LogP contribution in [0.15, 0.2) is 22.7 Å². The molecule has 0 bridgehead atoms. The second-order valence-corrected chi connectivity index (χ2v) is 6.17. The van der Waals surface area contributed by atoms with Gasteiger partial charge in [-0.15, -0.1) is 0 Å². The molecule has 1 amide bonds. The van der Waals surface area contributed by atoms with Crippen molar-refractivity contribution in [3.8, 4) is 0 Å². The van der Waals surface area contributed by atoms with Gasteiger partial charge in [-0.05, 0) is 48.8 Å². The summed E-state index contributed by atoms with van der Waals surface area (Å²) < 4.78 is 1.03. The molecular formula is C13H16BrNOS. The molecule has 2 rings (SSSR count). The minimum Gasteiger partial charge on any atom is -0.352 e. The van der Waals surface area contributed by atoms with Crippen molar-refractivity contribution in [2.24, 2.45) is 5.92 Å². The van der Waals surface area contributed by atoms with Crippen molar-refractivity contribution in [2.45, 2.75) is 18.6 Å². The van der Waals surface area contributed by atoms with E-state index in [0.717, 1.165) is 33.8 Å². The Morgan fingerprint density at radius 2 is 2.29 bits per heavy atom. The lowest BCUT2D eigenvalue weighted by atomic mass is 10.1. The summed E-state index contributed by atoms with van der Waals surface area (Å²) in [5.41, 5.74) is 1.91. The van der Waals surface area contributed by atoms with E-state index >= 15 is 0 Å². The summed E-state index contributed by atoms with van der Waals surface area (Å²) >= 11 is 5.18. The first kappa shape index (κ1) is 13.0. The second kappa shape index (κ2) is 5.91. The fourth-order valence-corrected chi connectivity index (χ4v) is 2.67. The lowest BCUT2D eigenvalue weighted by molar-refractivity contribution is 0.0951. The number of carbonyl (C=O) groups excluding carboxylic acids is 1. The highest BCUT2D eigenvalue weighted by Gasteiger charge is 2.22. The summed E-state index contributed by atoms with van der Waals surface area (Å²) in [6.07, 6.45) is 4.57. The number of benzene rings is 1. The molecule has 0 heterocycles. The molecule has 1 saturated carbocycles. The molecule has 1 aliphatic rings. The maximum atomic E-state index is 12.0. The van der Waals surface area contributed by atoms with Crippen molar-refractivity contribution < 1.29 is 4.79 Å². The van der Waals surface area contributed by atoms with Crippen molar-refractivity contribution in [2.75, 3.05) is 12.8 Å². The number of halogens is 1. The molecule has 1 aromatic carbocycles. The van der Waals surface area contributed by atoms with E-state index in [2.05, 4.69) is 21.2 Å². The van der Waals surface area contributed by atoms with E-state index in [9.17, 15) is 4.79 Å². The smallest absolute Gasteiger partial charge is 0.251 e. The number of hydrogen-bond acceptors (Lipinski definition) is 2. The van der Waals surface area contributed by atoms with E-state index in [1.165, 1.54) is 12.8 Å². The SMILES string of the molecule is CSCc1cc(Br)ccc1C(=O)NCC1CC1. The van der Waals surface area contributed by atoms with E-state index < -0.39 is 0 Å². The predicted octanol–water partition coefficient (Wildman–Crippen LogP) is 3.45. The highest BCUT2D eigenvalue weighted by atomic mass is 79.9. The molecule has 0 unspecified atom stereocenters. The van der Waals surface area contributed by atoms with Crippen molar-refractivity contribution in [3.63, 3.8) is 0 Å². The van der Waals surface area contributed by atoms with Crippen LogP contribution in [0.25, 0.3) is 0 Å². The Hall–Kier alpha value is -0.480. The van der Waals surface area contributed by atoms with Gasteiger partial charge in [0.25, 0.3) is 5.91 Å². The van der Waals surface area contributed by atoms with E-state index in [0.29, 0.717) is 0 Å². The minimum atomic E-state index is 0.0634. The van der Waals surface area contributed by atoms with E-state index in [4.69, 9.17) is 0 Å². The zero-order valence-electron chi connectivity index (χ0n) is 9.83. The Kier molecular flexibility index (Phi) is 4.51. The summed E-state index contributed by atoms with van der Waals surface area (Å²) in [5, 5.41) is 3.02. The average molecular weight is 314 g/mol. The summed E-state index contributed by atoms with van der Waals surface area (Å²) in [7, 11) is 0. The number of thioether (sulfide) groups is 1. The molecule has 0 saturated heterocycles. The standard InChI is InChI=1S/C13H16BrNOS/c1-17-8-10-6-11(14)4-5-12(10)13(16)15-7-9-2-3-9/h4-6,9H,2-3,7-8H2,1H3,(H,15,16). The Morgan fingerprint density at radius 3 is 2.94 bits per heavy atom. The highest BCUT2D eigenvalue weighted by Crippen LogP contribution is 2.28. The predicted molar refractivity (Wildman–Crippen MR) is 76.4 cm³/mol. The molecule has 17 heavy (non-hydrogen) atoms. The maximum Gasteiger partial charge on any atom is 0.251 e. The molecular weight excluding hydrogens is 298 g/mol. The van der Waals surface area contributed by atoms with Gasteiger partial charge in [0.15, 0.2) is 0 Å². The Morgan fingerprint density at radius 1 is 1.53 bits per heavy atom. The molecule has 2 nitrogen and oxygen atoms in total. The van der Waals surface area contributed by atoms with Crippen LogP contribution in [-0.4, -0.2) is 18.7 Å². The van der Waals surface area contributed by atoms with E-state index in [1.54, 1.807) is 11.8 Å². The van der Waals surface area contributed by atoms with Gasteiger partial charge in [-0.1, -0.05) is 15.9 Å². The van der Waals surface area contributed by atoms with Crippen LogP contribution in [0.3, 0.4) is 0 Å². The fourth-order valence-electron chi connectivity index (χ4n) is 1.71. The number of carbonyl (C=O) groups is 1. The molecule has 1 aliphatic carbocycles. The third-order valence-electron chi connectivity index (χ3n) is 2.86. The van der Waals surface area contributed by atoms with Gasteiger partial charge in [0.2, 0.25) is 0 Å². The zero-order valence-corrected chi connectivity index (χ0v) is 12.2. The molecule has 0 atom stereocenters. The Labute approximate surface area is 115 Å². The van der Waals surface area contributed by atoms with Crippen molar-refractivity contribution in [3.05, 3.63) is 33.8 Å². The number of nitrogens with one attached hydrogen (secondary N) is 1. The summed E-state index contributed by atoms with van der Waals surface area (Å²) in [4.78, 5) is 12.0. The number of amides is 1. The molecule has 1 N–H and O–H groups in total. The fraction of sp³-hybridized carbons (Fsp3) is 0.462. The molecule has 1 aromatic rings. The molecule has 0 radical (unpaired) electrons. The monoisotopic (exact) mass is 313 g/mol. The van der Waals surface area contributed by atoms with Crippen LogP contribution >= 0.6 is 27.7 Å². The maximum absolute atomic E-state index is 12.0. The van der Waals surface area contributed by atoms with E-state index in [-0.39, 0.29) is 5.91 Å². The first-order chi connectivity index (χ1) is 8.20. The van der Waals surface area contributed by atoms with Crippen LogP contribution in [-0.2, 0) is 5.75 Å². The summed E-state index contributed by atoms with van der Waals surface area (Å²) in [6, 6.07) is 5.86. The van der Waals surface area contributed by atoms with E-state index in [1.807, 2.05) is 24.5 Å². The molecule has 1 fully saturated rings. The van der Waals surface area contributed by atoms with Gasteiger partial charge in [0, 0.05) is 22.3 Å². The van der Waals surface area contributed by atoms with Crippen LogP contribution in [0.1, 0.15) is 28.8 Å². The Balaban J connectivity index is 2.08. The molecule has 0 aliphatic heterocycles.